The van der Waals surface area contributed by atoms with Crippen molar-refractivity contribution in [3.8, 4) is 5.69 Å². The lowest BCUT2D eigenvalue weighted by atomic mass is 10.1. The van der Waals surface area contributed by atoms with Crippen molar-refractivity contribution in [2.75, 3.05) is 20.1 Å². The molecule has 0 amide bonds. The van der Waals surface area contributed by atoms with E-state index in [1.54, 1.807) is 0 Å². The molecule has 1 aromatic heterocycles. The number of hydrogen-bond donors (Lipinski definition) is 0. The SMILES string of the molecule is C=CCN(C)CCCCCc1ccc2c(ccn2-c2ccc(F)cc2)c1. The van der Waals surface area contributed by atoms with Gasteiger partial charge in [-0.15, -0.1) is 6.58 Å². The third-order valence-electron chi connectivity index (χ3n) is 4.81. The summed E-state index contributed by atoms with van der Waals surface area (Å²) in [4.78, 5) is 2.30. The lowest BCUT2D eigenvalue weighted by Crippen LogP contribution is -2.19. The van der Waals surface area contributed by atoms with Crippen molar-refractivity contribution in [1.82, 2.24) is 9.47 Å². The minimum absolute atomic E-state index is 0.205. The molecular formula is C23H27FN2. The van der Waals surface area contributed by atoms with Crippen LogP contribution in [-0.2, 0) is 6.42 Å². The molecule has 0 fully saturated rings. The van der Waals surface area contributed by atoms with Gasteiger partial charge >= 0.3 is 0 Å². The molecule has 1 heterocycles. The monoisotopic (exact) mass is 350 g/mol. The van der Waals surface area contributed by atoms with E-state index in [2.05, 4.69) is 53.6 Å². The molecule has 3 aromatic rings. The summed E-state index contributed by atoms with van der Waals surface area (Å²) < 4.78 is 15.2. The molecule has 2 aromatic carbocycles. The van der Waals surface area contributed by atoms with Gasteiger partial charge in [0, 0.05) is 23.8 Å². The number of aromatic nitrogens is 1. The van der Waals surface area contributed by atoms with Crippen LogP contribution in [0.25, 0.3) is 16.6 Å². The smallest absolute Gasteiger partial charge is 0.123 e. The summed E-state index contributed by atoms with van der Waals surface area (Å²) in [7, 11) is 2.14. The van der Waals surface area contributed by atoms with Crippen molar-refractivity contribution in [1.29, 1.82) is 0 Å². The highest BCUT2D eigenvalue weighted by Gasteiger charge is 2.05. The molecule has 0 N–H and O–H groups in total. The maximum absolute atomic E-state index is 13.1. The summed E-state index contributed by atoms with van der Waals surface area (Å²) in [5, 5.41) is 1.23. The van der Waals surface area contributed by atoms with Crippen LogP contribution in [0, 0.1) is 5.82 Å². The van der Waals surface area contributed by atoms with E-state index < -0.39 is 0 Å². The van der Waals surface area contributed by atoms with Gasteiger partial charge in [-0.3, -0.25) is 0 Å². The Labute approximate surface area is 155 Å². The summed E-state index contributed by atoms with van der Waals surface area (Å²) in [6.07, 6.45) is 8.81. The molecule has 0 spiro atoms. The Kier molecular flexibility index (Phi) is 6.24. The van der Waals surface area contributed by atoms with Gasteiger partial charge in [-0.25, -0.2) is 4.39 Å². The predicted octanol–water partition coefficient (Wildman–Crippen LogP) is 5.60. The second kappa shape index (κ2) is 8.81. The first-order chi connectivity index (χ1) is 12.7. The fraction of sp³-hybridized carbons (Fsp3) is 0.304. The third kappa shape index (κ3) is 4.61. The zero-order chi connectivity index (χ0) is 18.4. The van der Waals surface area contributed by atoms with Crippen molar-refractivity contribution in [2.45, 2.75) is 25.7 Å². The van der Waals surface area contributed by atoms with Gasteiger partial charge in [-0.05, 0) is 80.9 Å². The number of benzene rings is 2. The molecule has 136 valence electrons. The Bertz CT molecular complexity index is 848. The van der Waals surface area contributed by atoms with Crippen LogP contribution in [0.4, 0.5) is 4.39 Å². The van der Waals surface area contributed by atoms with E-state index in [0.717, 1.165) is 30.7 Å². The predicted molar refractivity (Wildman–Crippen MR) is 108 cm³/mol. The van der Waals surface area contributed by atoms with Crippen LogP contribution in [0.1, 0.15) is 24.8 Å². The molecule has 0 aliphatic rings. The van der Waals surface area contributed by atoms with Crippen molar-refractivity contribution in [2.24, 2.45) is 0 Å². The Morgan fingerprint density at radius 3 is 2.62 bits per heavy atom. The molecule has 2 nitrogen and oxygen atoms in total. The van der Waals surface area contributed by atoms with Gasteiger partial charge in [0.05, 0.1) is 5.52 Å². The van der Waals surface area contributed by atoms with Gasteiger partial charge in [0.2, 0.25) is 0 Å². The van der Waals surface area contributed by atoms with Gasteiger partial charge in [0.15, 0.2) is 0 Å². The van der Waals surface area contributed by atoms with Crippen LogP contribution in [0.2, 0.25) is 0 Å². The zero-order valence-electron chi connectivity index (χ0n) is 15.5. The Hall–Kier alpha value is -2.39. The lowest BCUT2D eigenvalue weighted by molar-refractivity contribution is 0.358. The minimum Gasteiger partial charge on any atom is -0.317 e. The van der Waals surface area contributed by atoms with E-state index in [4.69, 9.17) is 0 Å². The van der Waals surface area contributed by atoms with E-state index in [1.807, 2.05) is 18.2 Å². The van der Waals surface area contributed by atoms with Gasteiger partial charge in [-0.1, -0.05) is 18.6 Å². The number of halogens is 1. The van der Waals surface area contributed by atoms with Gasteiger partial charge in [-0.2, -0.15) is 0 Å². The lowest BCUT2D eigenvalue weighted by Gasteiger charge is -2.13. The highest BCUT2D eigenvalue weighted by atomic mass is 19.1. The third-order valence-corrected chi connectivity index (χ3v) is 4.81. The quantitative estimate of drug-likeness (QED) is 0.360. The van der Waals surface area contributed by atoms with Gasteiger partial charge in [0.25, 0.3) is 0 Å². The summed E-state index contributed by atoms with van der Waals surface area (Å²) in [5.74, 6) is -0.205. The maximum atomic E-state index is 13.1. The van der Waals surface area contributed by atoms with Gasteiger partial charge < -0.3 is 9.47 Å². The number of aryl methyl sites for hydroxylation is 1. The van der Waals surface area contributed by atoms with Crippen molar-refractivity contribution in [3.05, 3.63) is 78.8 Å². The number of nitrogens with zero attached hydrogens (tertiary/aromatic N) is 2. The van der Waals surface area contributed by atoms with Crippen LogP contribution in [0.3, 0.4) is 0 Å². The first-order valence-electron chi connectivity index (χ1n) is 9.33. The van der Waals surface area contributed by atoms with Crippen LogP contribution < -0.4 is 0 Å². The average molecular weight is 350 g/mol. The molecule has 0 saturated carbocycles. The first kappa shape index (κ1) is 18.4. The average Bonchev–Trinajstić information content (AvgIpc) is 3.05. The Morgan fingerprint density at radius 2 is 1.85 bits per heavy atom. The van der Waals surface area contributed by atoms with E-state index >= 15 is 0 Å². The molecule has 0 bridgehead atoms. The number of hydrogen-bond acceptors (Lipinski definition) is 1. The first-order valence-corrected chi connectivity index (χ1v) is 9.33. The van der Waals surface area contributed by atoms with Crippen molar-refractivity contribution >= 4 is 10.9 Å². The summed E-state index contributed by atoms with van der Waals surface area (Å²) >= 11 is 0. The molecule has 26 heavy (non-hydrogen) atoms. The number of unbranched alkanes of at least 4 members (excludes halogenated alkanes) is 2. The fourth-order valence-corrected chi connectivity index (χ4v) is 3.37. The van der Waals surface area contributed by atoms with Crippen LogP contribution in [-0.4, -0.2) is 29.6 Å². The molecule has 0 saturated heterocycles. The largest absolute Gasteiger partial charge is 0.317 e. The van der Waals surface area contributed by atoms with E-state index in [9.17, 15) is 4.39 Å². The number of rotatable bonds is 9. The molecule has 0 radical (unpaired) electrons. The van der Waals surface area contributed by atoms with Crippen molar-refractivity contribution < 1.29 is 4.39 Å². The molecular weight excluding hydrogens is 323 g/mol. The molecule has 0 unspecified atom stereocenters. The molecule has 3 heteroatoms. The van der Waals surface area contributed by atoms with E-state index in [0.29, 0.717) is 0 Å². The minimum atomic E-state index is -0.205. The van der Waals surface area contributed by atoms with E-state index in [-0.39, 0.29) is 5.82 Å². The standard InChI is InChI=1S/C23H27FN2/c1-3-15-25(2)16-6-4-5-7-19-8-13-23-20(18-19)14-17-26(23)22-11-9-21(24)10-12-22/h3,8-14,17-18H,1,4-7,15-16H2,2H3. The molecule has 0 atom stereocenters. The summed E-state index contributed by atoms with van der Waals surface area (Å²) in [6.45, 7) is 5.86. The fourth-order valence-electron chi connectivity index (χ4n) is 3.37. The van der Waals surface area contributed by atoms with Crippen LogP contribution in [0.5, 0.6) is 0 Å². The van der Waals surface area contributed by atoms with Gasteiger partial charge in [0.1, 0.15) is 5.82 Å². The number of likely N-dealkylation sites (N-methyl/N-ethyl adjacent to an activating group) is 1. The van der Waals surface area contributed by atoms with Crippen LogP contribution >= 0.6 is 0 Å². The topological polar surface area (TPSA) is 8.17 Å². The van der Waals surface area contributed by atoms with E-state index in [1.165, 1.54) is 42.3 Å². The molecule has 0 aliphatic heterocycles. The number of fused-ring (bicyclic) bond motifs is 1. The van der Waals surface area contributed by atoms with Crippen molar-refractivity contribution in [3.63, 3.8) is 0 Å². The maximum Gasteiger partial charge on any atom is 0.123 e. The summed E-state index contributed by atoms with van der Waals surface area (Å²) in [6, 6.07) is 15.4. The molecule has 3 rings (SSSR count). The highest BCUT2D eigenvalue weighted by Crippen LogP contribution is 2.23. The normalized spacial score (nSPS) is 11.3. The summed E-state index contributed by atoms with van der Waals surface area (Å²) in [5.41, 5.74) is 3.53. The highest BCUT2D eigenvalue weighted by molar-refractivity contribution is 5.82. The Balaban J connectivity index is 1.58. The Morgan fingerprint density at radius 1 is 1.04 bits per heavy atom. The second-order valence-electron chi connectivity index (χ2n) is 6.92. The zero-order valence-corrected chi connectivity index (χ0v) is 15.5. The second-order valence-corrected chi connectivity index (χ2v) is 6.92. The molecule has 0 aliphatic carbocycles. The van der Waals surface area contributed by atoms with Crippen LogP contribution in [0.15, 0.2) is 67.4 Å².